The number of carbonyl (C=O) groups excluding carboxylic acids is 1. The molecule has 12 heteroatoms. The first-order valence-corrected chi connectivity index (χ1v) is 15.0. The summed E-state index contributed by atoms with van der Waals surface area (Å²) in [6.45, 7) is 7.46. The fourth-order valence-electron chi connectivity index (χ4n) is 5.74. The van der Waals surface area contributed by atoms with Crippen molar-refractivity contribution < 1.29 is 23.1 Å². The molecule has 3 heterocycles. The molecule has 2 saturated heterocycles. The van der Waals surface area contributed by atoms with Gasteiger partial charge in [0.05, 0.1) is 36.8 Å². The highest BCUT2D eigenvalue weighted by Crippen LogP contribution is 2.40. The van der Waals surface area contributed by atoms with E-state index >= 15 is 0 Å². The van der Waals surface area contributed by atoms with Crippen LogP contribution in [0.5, 0.6) is 5.75 Å². The second-order valence-electron chi connectivity index (χ2n) is 11.2. The first-order chi connectivity index (χ1) is 22.3. The number of hydroxylamine groups is 1. The molecule has 238 valence electrons. The summed E-state index contributed by atoms with van der Waals surface area (Å²) in [6.07, 6.45) is 3.35. The number of nitrogens with zero attached hydrogens (tertiary/aromatic N) is 5. The number of benzene rings is 3. The van der Waals surface area contributed by atoms with Crippen molar-refractivity contribution in [1.29, 1.82) is 0 Å². The Kier molecular flexibility index (Phi) is 9.08. The molecule has 0 radical (unpaired) electrons. The summed E-state index contributed by atoms with van der Waals surface area (Å²) in [4.78, 5) is 31.8. The van der Waals surface area contributed by atoms with Crippen LogP contribution in [-0.2, 0) is 9.63 Å². The minimum Gasteiger partial charge on any atom is -0.494 e. The summed E-state index contributed by atoms with van der Waals surface area (Å²) >= 11 is 0. The fourth-order valence-corrected chi connectivity index (χ4v) is 5.74. The Hall–Kier alpha value is -5.07. The predicted molar refractivity (Wildman–Crippen MR) is 174 cm³/mol. The lowest BCUT2D eigenvalue weighted by molar-refractivity contribution is -0.111. The number of aromatic nitrogens is 2. The number of anilines is 5. The average Bonchev–Trinajstić information content (AvgIpc) is 3.56. The zero-order valence-corrected chi connectivity index (χ0v) is 25.7. The number of likely N-dealkylation sites (N-methyl/N-ethyl adjacent to an activating group) is 1. The Morgan fingerprint density at radius 1 is 1.04 bits per heavy atom. The largest absolute Gasteiger partial charge is 0.494 e. The molecule has 4 aromatic rings. The van der Waals surface area contributed by atoms with Gasteiger partial charge >= 0.3 is 0 Å². The molecule has 6 rings (SSSR count). The van der Waals surface area contributed by atoms with E-state index < -0.39 is 11.6 Å². The number of halogens is 2. The second kappa shape index (κ2) is 13.5. The van der Waals surface area contributed by atoms with Gasteiger partial charge in [0.25, 0.3) is 0 Å². The lowest BCUT2D eigenvalue weighted by Gasteiger charge is -2.35. The van der Waals surface area contributed by atoms with Crippen molar-refractivity contribution >= 4 is 34.6 Å². The highest BCUT2D eigenvalue weighted by atomic mass is 19.1. The van der Waals surface area contributed by atoms with Crippen molar-refractivity contribution in [3.8, 4) is 16.9 Å². The van der Waals surface area contributed by atoms with Gasteiger partial charge in [-0.25, -0.2) is 23.8 Å². The first kappa shape index (κ1) is 30.9. The van der Waals surface area contributed by atoms with Crippen LogP contribution in [0.2, 0.25) is 0 Å². The summed E-state index contributed by atoms with van der Waals surface area (Å²) in [6, 6.07) is 16.3. The molecule has 10 nitrogen and oxygen atoms in total. The van der Waals surface area contributed by atoms with Crippen molar-refractivity contribution in [2.24, 2.45) is 0 Å². The highest BCUT2D eigenvalue weighted by molar-refractivity contribution is 6.02. The Morgan fingerprint density at radius 3 is 2.63 bits per heavy atom. The minimum absolute atomic E-state index is 0.204. The van der Waals surface area contributed by atoms with Gasteiger partial charge in [0.15, 0.2) is 5.82 Å². The van der Waals surface area contributed by atoms with Crippen molar-refractivity contribution in [3.05, 3.63) is 96.8 Å². The number of carbonyl (C=O) groups is 1. The summed E-state index contributed by atoms with van der Waals surface area (Å²) < 4.78 is 33.8. The summed E-state index contributed by atoms with van der Waals surface area (Å²) in [5, 5.41) is 7.97. The molecule has 1 amide bonds. The Morgan fingerprint density at radius 2 is 1.87 bits per heavy atom. The van der Waals surface area contributed by atoms with Crippen LogP contribution in [0.4, 0.5) is 37.5 Å². The highest BCUT2D eigenvalue weighted by Gasteiger charge is 2.30. The van der Waals surface area contributed by atoms with E-state index in [-0.39, 0.29) is 11.9 Å². The van der Waals surface area contributed by atoms with Crippen LogP contribution < -0.4 is 25.3 Å². The van der Waals surface area contributed by atoms with Crippen molar-refractivity contribution in [1.82, 2.24) is 14.9 Å². The normalized spacial score (nSPS) is 16.7. The first-order valence-electron chi connectivity index (χ1n) is 15.0. The molecule has 2 aliphatic rings. The fraction of sp³-hybridized carbons (Fsp3) is 0.265. The molecule has 0 bridgehead atoms. The third-order valence-corrected chi connectivity index (χ3v) is 8.16. The Balaban J connectivity index is 1.27. The molecule has 46 heavy (non-hydrogen) atoms. The third-order valence-electron chi connectivity index (χ3n) is 8.16. The standard InChI is InChI=1S/C34H35F2N7O3/c1-4-34(44)40-27-18-28(31(45-3)19-30(27)42-13-11-41(2)12-14-42)39-32-20-33(38-21-37-32)43-29(10-15-46-43)23-7-5-6-22(16-23)25-9-8-24(35)17-26(25)36/h4-9,16-21,29H,1,10-15H2,2-3H3,(H,40,44)(H,37,38,39). The molecular formula is C34H35F2N7O3. The van der Waals surface area contributed by atoms with Crippen molar-refractivity contribution in [2.75, 3.05) is 67.5 Å². The van der Waals surface area contributed by atoms with Crippen LogP contribution >= 0.6 is 0 Å². The van der Waals surface area contributed by atoms with E-state index in [4.69, 9.17) is 9.57 Å². The van der Waals surface area contributed by atoms with E-state index in [1.807, 2.05) is 30.3 Å². The molecular weight excluding hydrogens is 592 g/mol. The lowest BCUT2D eigenvalue weighted by Crippen LogP contribution is -2.44. The Bertz CT molecular complexity index is 1750. The zero-order valence-electron chi connectivity index (χ0n) is 25.7. The quantitative estimate of drug-likeness (QED) is 0.219. The number of nitrogens with one attached hydrogen (secondary N) is 2. The number of amides is 1. The zero-order chi connectivity index (χ0) is 32.2. The van der Waals surface area contributed by atoms with Gasteiger partial charge in [0.1, 0.15) is 29.5 Å². The molecule has 1 atom stereocenters. The SMILES string of the molecule is C=CC(=O)Nc1cc(Nc2cc(N3OCCC3c3cccc(-c4ccc(F)cc4F)c3)ncn2)c(OC)cc1N1CCN(C)CC1. The van der Waals surface area contributed by atoms with E-state index in [0.29, 0.717) is 52.9 Å². The van der Waals surface area contributed by atoms with Crippen LogP contribution in [0, 0.1) is 11.6 Å². The molecule has 2 fully saturated rings. The summed E-state index contributed by atoms with van der Waals surface area (Å²) in [5.74, 6) is 0.00870. The van der Waals surface area contributed by atoms with E-state index in [9.17, 15) is 13.6 Å². The smallest absolute Gasteiger partial charge is 0.247 e. The van der Waals surface area contributed by atoms with Crippen LogP contribution in [-0.4, -0.2) is 67.7 Å². The van der Waals surface area contributed by atoms with Gasteiger partial charge in [-0.3, -0.25) is 9.63 Å². The molecule has 0 aliphatic carbocycles. The maximum absolute atomic E-state index is 14.6. The van der Waals surface area contributed by atoms with Gasteiger partial charge < -0.3 is 25.2 Å². The number of hydrogen-bond donors (Lipinski definition) is 2. The predicted octanol–water partition coefficient (Wildman–Crippen LogP) is 5.93. The van der Waals surface area contributed by atoms with Crippen LogP contribution in [0.25, 0.3) is 11.1 Å². The second-order valence-corrected chi connectivity index (χ2v) is 11.2. The van der Waals surface area contributed by atoms with E-state index in [0.717, 1.165) is 43.5 Å². The minimum atomic E-state index is -0.623. The number of hydrogen-bond acceptors (Lipinski definition) is 9. The van der Waals surface area contributed by atoms with Gasteiger partial charge in [-0.15, -0.1) is 0 Å². The van der Waals surface area contributed by atoms with E-state index in [1.165, 1.54) is 24.5 Å². The maximum Gasteiger partial charge on any atom is 0.247 e. The maximum atomic E-state index is 14.6. The van der Waals surface area contributed by atoms with Crippen LogP contribution in [0.15, 0.2) is 79.6 Å². The number of rotatable bonds is 9. The lowest BCUT2D eigenvalue weighted by atomic mass is 9.98. The van der Waals surface area contributed by atoms with Gasteiger partial charge in [-0.1, -0.05) is 24.8 Å². The monoisotopic (exact) mass is 627 g/mol. The van der Waals surface area contributed by atoms with Gasteiger partial charge in [0.2, 0.25) is 5.91 Å². The van der Waals surface area contributed by atoms with Gasteiger partial charge in [-0.2, -0.15) is 0 Å². The molecule has 2 aliphatic heterocycles. The number of methoxy groups -OCH3 is 1. The molecule has 0 spiro atoms. The molecule has 1 aromatic heterocycles. The average molecular weight is 628 g/mol. The van der Waals surface area contributed by atoms with E-state index in [1.54, 1.807) is 24.3 Å². The molecule has 1 unspecified atom stereocenters. The number of piperazine rings is 1. The third kappa shape index (κ3) is 6.63. The van der Waals surface area contributed by atoms with Gasteiger partial charge in [-0.05, 0) is 48.5 Å². The molecule has 3 aromatic carbocycles. The van der Waals surface area contributed by atoms with Crippen LogP contribution in [0.1, 0.15) is 18.0 Å². The van der Waals surface area contributed by atoms with Gasteiger partial charge in [0, 0.05) is 56.4 Å². The molecule has 0 saturated carbocycles. The van der Waals surface area contributed by atoms with Crippen molar-refractivity contribution in [3.63, 3.8) is 0 Å². The summed E-state index contributed by atoms with van der Waals surface area (Å²) in [5.41, 5.74) is 3.92. The molecule has 2 N–H and O–H groups in total. The number of ether oxygens (including phenoxy) is 1. The Labute approximate surface area is 266 Å². The topological polar surface area (TPSA) is 95.1 Å². The van der Waals surface area contributed by atoms with Crippen LogP contribution in [0.3, 0.4) is 0 Å². The van der Waals surface area contributed by atoms with Crippen molar-refractivity contribution in [2.45, 2.75) is 12.5 Å². The van der Waals surface area contributed by atoms with E-state index in [2.05, 4.69) is 44.0 Å². The summed E-state index contributed by atoms with van der Waals surface area (Å²) in [7, 11) is 3.68.